The first-order chi connectivity index (χ1) is 15.1. The first kappa shape index (κ1) is 20.5. The molecular formula is C25H24N2O4. The summed E-state index contributed by atoms with van der Waals surface area (Å²) in [4.78, 5) is 17.3. The van der Waals surface area contributed by atoms with Crippen LogP contribution in [0.25, 0.3) is 22.6 Å². The second kappa shape index (κ2) is 8.92. The summed E-state index contributed by atoms with van der Waals surface area (Å²) in [5.74, 6) is 1.68. The predicted molar refractivity (Wildman–Crippen MR) is 121 cm³/mol. The van der Waals surface area contributed by atoms with Crippen LogP contribution in [0, 0.1) is 0 Å². The van der Waals surface area contributed by atoms with Gasteiger partial charge in [0.25, 0.3) is 5.91 Å². The fourth-order valence-corrected chi connectivity index (χ4v) is 3.11. The van der Waals surface area contributed by atoms with Crippen molar-refractivity contribution in [2.24, 2.45) is 0 Å². The maximum absolute atomic E-state index is 12.7. The van der Waals surface area contributed by atoms with Gasteiger partial charge in [-0.15, -0.1) is 0 Å². The summed E-state index contributed by atoms with van der Waals surface area (Å²) in [5, 5.41) is 2.92. The molecule has 0 unspecified atom stereocenters. The third kappa shape index (κ3) is 4.69. The van der Waals surface area contributed by atoms with Gasteiger partial charge in [-0.25, -0.2) is 4.98 Å². The Kier molecular flexibility index (Phi) is 5.89. The Morgan fingerprint density at radius 2 is 1.87 bits per heavy atom. The van der Waals surface area contributed by atoms with E-state index in [2.05, 4.69) is 17.2 Å². The summed E-state index contributed by atoms with van der Waals surface area (Å²) >= 11 is 0. The summed E-state index contributed by atoms with van der Waals surface area (Å²) < 4.78 is 16.9. The van der Waals surface area contributed by atoms with Gasteiger partial charge in [-0.2, -0.15) is 0 Å². The maximum Gasteiger partial charge on any atom is 0.255 e. The van der Waals surface area contributed by atoms with Crippen molar-refractivity contribution in [3.8, 4) is 23.0 Å². The van der Waals surface area contributed by atoms with Crippen LogP contribution >= 0.6 is 0 Å². The van der Waals surface area contributed by atoms with Crippen LogP contribution in [0.1, 0.15) is 30.6 Å². The SMILES string of the molecule is CC[C@H](C)Oc1cccc(C(=O)Nc2ccc3oc(-c4cccc(OC)c4)nc3c2)c1. The van der Waals surface area contributed by atoms with Gasteiger partial charge in [0, 0.05) is 16.8 Å². The minimum atomic E-state index is -0.217. The molecule has 0 radical (unpaired) electrons. The summed E-state index contributed by atoms with van der Waals surface area (Å²) in [5.41, 5.74) is 3.28. The van der Waals surface area contributed by atoms with E-state index >= 15 is 0 Å². The molecule has 0 spiro atoms. The van der Waals surface area contributed by atoms with E-state index in [0.29, 0.717) is 34.0 Å². The minimum Gasteiger partial charge on any atom is -0.497 e. The molecule has 1 N–H and O–H groups in total. The van der Waals surface area contributed by atoms with E-state index in [4.69, 9.17) is 13.9 Å². The lowest BCUT2D eigenvalue weighted by molar-refractivity contribution is 0.102. The second-order valence-electron chi connectivity index (χ2n) is 7.25. The van der Waals surface area contributed by atoms with Crippen LogP contribution in [-0.4, -0.2) is 24.1 Å². The van der Waals surface area contributed by atoms with Crippen molar-refractivity contribution < 1.29 is 18.7 Å². The minimum absolute atomic E-state index is 0.0895. The normalized spacial score (nSPS) is 11.8. The van der Waals surface area contributed by atoms with Gasteiger partial charge in [0.15, 0.2) is 5.58 Å². The number of methoxy groups -OCH3 is 1. The van der Waals surface area contributed by atoms with Crippen molar-refractivity contribution >= 4 is 22.7 Å². The zero-order valence-corrected chi connectivity index (χ0v) is 17.7. The molecule has 1 heterocycles. The quantitative estimate of drug-likeness (QED) is 0.404. The topological polar surface area (TPSA) is 73.6 Å². The van der Waals surface area contributed by atoms with Gasteiger partial charge in [0.2, 0.25) is 5.89 Å². The molecule has 4 rings (SSSR count). The number of hydrogen-bond donors (Lipinski definition) is 1. The number of aromatic nitrogens is 1. The molecule has 0 fully saturated rings. The van der Waals surface area contributed by atoms with E-state index < -0.39 is 0 Å². The molecule has 0 aliphatic carbocycles. The zero-order chi connectivity index (χ0) is 21.8. The summed E-state index contributed by atoms with van der Waals surface area (Å²) in [6.07, 6.45) is 0.984. The number of fused-ring (bicyclic) bond motifs is 1. The number of anilines is 1. The molecule has 1 aromatic heterocycles. The van der Waals surface area contributed by atoms with Gasteiger partial charge in [0.1, 0.15) is 17.0 Å². The first-order valence-electron chi connectivity index (χ1n) is 10.2. The van der Waals surface area contributed by atoms with Crippen molar-refractivity contribution in [1.82, 2.24) is 4.98 Å². The molecule has 0 saturated heterocycles. The lowest BCUT2D eigenvalue weighted by Crippen LogP contribution is -2.13. The standard InChI is InChI=1S/C25H24N2O4/c1-4-16(2)30-21-10-5-7-17(13-21)24(28)26-19-11-12-23-22(15-19)27-25(31-23)18-8-6-9-20(14-18)29-3/h5-16H,4H2,1-3H3,(H,26,28)/t16-/m0/s1. The molecule has 158 valence electrons. The molecule has 6 heteroatoms. The fraction of sp³-hybridized carbons (Fsp3) is 0.200. The van der Waals surface area contributed by atoms with Crippen LogP contribution < -0.4 is 14.8 Å². The van der Waals surface area contributed by atoms with Crippen molar-refractivity contribution in [3.05, 3.63) is 72.3 Å². The number of carbonyl (C=O) groups excluding carboxylic acids is 1. The largest absolute Gasteiger partial charge is 0.497 e. The molecule has 1 atom stereocenters. The molecule has 0 aliphatic heterocycles. The Morgan fingerprint density at radius 1 is 1.06 bits per heavy atom. The van der Waals surface area contributed by atoms with E-state index in [1.807, 2.05) is 43.3 Å². The number of rotatable bonds is 7. The van der Waals surface area contributed by atoms with Crippen LogP contribution in [-0.2, 0) is 0 Å². The van der Waals surface area contributed by atoms with Crippen molar-refractivity contribution in [3.63, 3.8) is 0 Å². The number of carbonyl (C=O) groups is 1. The highest BCUT2D eigenvalue weighted by atomic mass is 16.5. The number of nitrogens with one attached hydrogen (secondary N) is 1. The Morgan fingerprint density at radius 3 is 2.68 bits per heavy atom. The van der Waals surface area contributed by atoms with Gasteiger partial charge >= 0.3 is 0 Å². The highest BCUT2D eigenvalue weighted by Crippen LogP contribution is 2.28. The number of ether oxygens (including phenoxy) is 2. The van der Waals surface area contributed by atoms with E-state index in [-0.39, 0.29) is 12.0 Å². The molecule has 6 nitrogen and oxygen atoms in total. The van der Waals surface area contributed by atoms with Crippen molar-refractivity contribution in [2.75, 3.05) is 12.4 Å². The van der Waals surface area contributed by atoms with Gasteiger partial charge < -0.3 is 19.2 Å². The fourth-order valence-electron chi connectivity index (χ4n) is 3.11. The van der Waals surface area contributed by atoms with Crippen LogP contribution in [0.3, 0.4) is 0 Å². The van der Waals surface area contributed by atoms with E-state index in [9.17, 15) is 4.79 Å². The Bertz CT molecular complexity index is 1220. The molecule has 1 amide bonds. The van der Waals surface area contributed by atoms with Gasteiger partial charge in [0.05, 0.1) is 13.2 Å². The van der Waals surface area contributed by atoms with E-state index in [1.165, 1.54) is 0 Å². The Hall–Kier alpha value is -3.80. The molecule has 31 heavy (non-hydrogen) atoms. The predicted octanol–water partition coefficient (Wildman–Crippen LogP) is 5.93. The summed E-state index contributed by atoms with van der Waals surface area (Å²) in [7, 11) is 1.62. The average Bonchev–Trinajstić information content (AvgIpc) is 3.22. The highest BCUT2D eigenvalue weighted by Gasteiger charge is 2.12. The van der Waals surface area contributed by atoms with Crippen LogP contribution in [0.15, 0.2) is 71.1 Å². The summed E-state index contributed by atoms with van der Waals surface area (Å²) in [6, 6.07) is 20.1. The van der Waals surface area contributed by atoms with Crippen molar-refractivity contribution in [1.29, 1.82) is 0 Å². The Balaban J connectivity index is 1.54. The number of benzene rings is 3. The number of hydrogen-bond acceptors (Lipinski definition) is 5. The molecule has 0 saturated carbocycles. The number of oxazole rings is 1. The molecular weight excluding hydrogens is 392 g/mol. The lowest BCUT2D eigenvalue weighted by atomic mass is 10.2. The number of nitrogens with zero attached hydrogens (tertiary/aromatic N) is 1. The van der Waals surface area contributed by atoms with Crippen molar-refractivity contribution in [2.45, 2.75) is 26.4 Å². The average molecular weight is 416 g/mol. The third-order valence-electron chi connectivity index (χ3n) is 4.97. The lowest BCUT2D eigenvalue weighted by Gasteiger charge is -2.13. The maximum atomic E-state index is 12.7. The van der Waals surface area contributed by atoms with E-state index in [1.54, 1.807) is 37.4 Å². The smallest absolute Gasteiger partial charge is 0.255 e. The summed E-state index contributed by atoms with van der Waals surface area (Å²) in [6.45, 7) is 4.06. The molecule has 3 aromatic carbocycles. The van der Waals surface area contributed by atoms with Crippen LogP contribution in [0.2, 0.25) is 0 Å². The van der Waals surface area contributed by atoms with Crippen LogP contribution in [0.5, 0.6) is 11.5 Å². The first-order valence-corrected chi connectivity index (χ1v) is 10.2. The second-order valence-corrected chi connectivity index (χ2v) is 7.25. The van der Waals surface area contributed by atoms with E-state index in [0.717, 1.165) is 17.7 Å². The molecule has 0 bridgehead atoms. The molecule has 4 aromatic rings. The van der Waals surface area contributed by atoms with Crippen LogP contribution in [0.4, 0.5) is 5.69 Å². The molecule has 0 aliphatic rings. The third-order valence-corrected chi connectivity index (χ3v) is 4.97. The van der Waals surface area contributed by atoms with Gasteiger partial charge in [-0.05, 0) is 67.9 Å². The highest BCUT2D eigenvalue weighted by molar-refractivity contribution is 6.05. The zero-order valence-electron chi connectivity index (χ0n) is 17.7. The van der Waals surface area contributed by atoms with Gasteiger partial charge in [-0.1, -0.05) is 19.1 Å². The number of amides is 1. The monoisotopic (exact) mass is 416 g/mol. The van der Waals surface area contributed by atoms with Gasteiger partial charge in [-0.3, -0.25) is 4.79 Å². The Labute approximate surface area is 180 Å².